The topological polar surface area (TPSA) is 123 Å². The van der Waals surface area contributed by atoms with Crippen molar-refractivity contribution < 1.29 is 22.7 Å². The number of hydrazine groups is 1. The molecule has 0 saturated carbocycles. The number of rotatable bonds is 6. The Morgan fingerprint density at radius 2 is 1.68 bits per heavy atom. The van der Waals surface area contributed by atoms with Gasteiger partial charge < -0.3 is 4.74 Å². The minimum atomic E-state index is -3.31. The zero-order valence-electron chi connectivity index (χ0n) is 20.1. The van der Waals surface area contributed by atoms with Crippen molar-refractivity contribution in [3.63, 3.8) is 0 Å². The van der Waals surface area contributed by atoms with Crippen molar-refractivity contribution in [3.8, 4) is 22.7 Å². The second-order valence-electron chi connectivity index (χ2n) is 8.48. The van der Waals surface area contributed by atoms with E-state index in [1.54, 1.807) is 48.5 Å². The normalized spacial score (nSPS) is 14.8. The van der Waals surface area contributed by atoms with Crippen molar-refractivity contribution in [2.24, 2.45) is 5.92 Å². The Labute approximate surface area is 224 Å². The maximum atomic E-state index is 13.1. The number of hydrogen-bond acceptors (Lipinski definition) is 6. The third-order valence-corrected chi connectivity index (χ3v) is 7.93. The van der Waals surface area contributed by atoms with Crippen molar-refractivity contribution >= 4 is 45.0 Å². The van der Waals surface area contributed by atoms with Crippen LogP contribution in [-0.2, 0) is 14.8 Å². The van der Waals surface area contributed by atoms with Crippen molar-refractivity contribution in [1.29, 1.82) is 0 Å². The molecule has 3 aromatic rings. The highest BCUT2D eigenvalue weighted by Gasteiger charge is 2.30. The zero-order valence-corrected chi connectivity index (χ0v) is 22.4. The minimum absolute atomic E-state index is 0.0698. The maximum Gasteiger partial charge on any atom is 0.294 e. The summed E-state index contributed by atoms with van der Waals surface area (Å²) >= 11 is 12.5. The van der Waals surface area contributed by atoms with E-state index < -0.39 is 27.8 Å². The lowest BCUT2D eigenvalue weighted by Crippen LogP contribution is -2.48. The first-order valence-electron chi connectivity index (χ1n) is 11.3. The number of ether oxygens (including phenoxy) is 1. The molecule has 2 aromatic carbocycles. The molecule has 0 bridgehead atoms. The van der Waals surface area contributed by atoms with E-state index in [9.17, 15) is 18.0 Å². The van der Waals surface area contributed by atoms with Gasteiger partial charge in [0.05, 0.1) is 24.1 Å². The van der Waals surface area contributed by atoms with Crippen molar-refractivity contribution in [1.82, 2.24) is 24.9 Å². The summed E-state index contributed by atoms with van der Waals surface area (Å²) in [5.74, 6) is -1.37. The van der Waals surface area contributed by atoms with Gasteiger partial charge in [0.1, 0.15) is 5.69 Å². The van der Waals surface area contributed by atoms with E-state index in [4.69, 9.17) is 27.9 Å². The van der Waals surface area contributed by atoms with Gasteiger partial charge >= 0.3 is 0 Å². The van der Waals surface area contributed by atoms with Gasteiger partial charge in [-0.2, -0.15) is 5.10 Å². The van der Waals surface area contributed by atoms with Crippen LogP contribution in [0.1, 0.15) is 23.3 Å². The van der Waals surface area contributed by atoms with Gasteiger partial charge in [0.2, 0.25) is 15.9 Å². The Bertz CT molecular complexity index is 1420. The Kier molecular flexibility index (Phi) is 8.08. The summed E-state index contributed by atoms with van der Waals surface area (Å²) in [7, 11) is -1.89. The van der Waals surface area contributed by atoms with Crippen LogP contribution in [0.15, 0.2) is 48.5 Å². The second kappa shape index (κ2) is 11.1. The summed E-state index contributed by atoms with van der Waals surface area (Å²) in [5.41, 5.74) is 6.42. The van der Waals surface area contributed by atoms with Crippen LogP contribution in [0.25, 0.3) is 16.9 Å². The van der Waals surface area contributed by atoms with Crippen LogP contribution in [0.3, 0.4) is 0 Å². The zero-order chi connectivity index (χ0) is 26.7. The fraction of sp³-hybridized carbons (Fsp3) is 0.292. The number of piperidine rings is 1. The number of aromatic nitrogens is 2. The number of nitrogens with one attached hydrogen (secondary N) is 2. The standard InChI is InChI=1S/C24H25Cl2N5O5S/c1-36-22-20(24(33)28-27-23(32)16-11-13-30(14-12-16)37(2,34)35)29-31(19-6-4-3-5-18(19)26)21(22)15-7-9-17(25)10-8-15/h3-10,16H,11-14H2,1-2H3,(H,27,32)(H,28,33). The summed E-state index contributed by atoms with van der Waals surface area (Å²) in [6.07, 6.45) is 1.83. The van der Waals surface area contributed by atoms with E-state index in [1.165, 1.54) is 16.1 Å². The Balaban J connectivity index is 1.59. The lowest BCUT2D eigenvalue weighted by Gasteiger charge is -2.29. The Morgan fingerprint density at radius 3 is 2.27 bits per heavy atom. The molecule has 0 aliphatic carbocycles. The van der Waals surface area contributed by atoms with Crippen molar-refractivity contribution in [2.45, 2.75) is 12.8 Å². The lowest BCUT2D eigenvalue weighted by molar-refractivity contribution is -0.126. The molecule has 1 fully saturated rings. The fourth-order valence-corrected chi connectivity index (χ4v) is 5.35. The molecule has 2 N–H and O–H groups in total. The highest BCUT2D eigenvalue weighted by Crippen LogP contribution is 2.37. The summed E-state index contributed by atoms with van der Waals surface area (Å²) in [4.78, 5) is 25.8. The fourth-order valence-electron chi connectivity index (χ4n) is 4.13. The van der Waals surface area contributed by atoms with E-state index >= 15 is 0 Å². The predicted molar refractivity (Wildman–Crippen MR) is 140 cm³/mol. The molecule has 13 heteroatoms. The Morgan fingerprint density at radius 1 is 1.03 bits per heavy atom. The van der Waals surface area contributed by atoms with Gasteiger partial charge in [0.25, 0.3) is 5.91 Å². The van der Waals surface area contributed by atoms with Crippen LogP contribution in [0.5, 0.6) is 5.75 Å². The molecule has 1 aromatic heterocycles. The number of methoxy groups -OCH3 is 1. The molecular weight excluding hydrogens is 541 g/mol. The molecule has 10 nitrogen and oxygen atoms in total. The molecule has 1 aliphatic rings. The SMILES string of the molecule is COc1c(C(=O)NNC(=O)C2CCN(S(C)(=O)=O)CC2)nn(-c2ccccc2Cl)c1-c1ccc(Cl)cc1. The van der Waals surface area contributed by atoms with Crippen LogP contribution < -0.4 is 15.6 Å². The van der Waals surface area contributed by atoms with Gasteiger partial charge in [-0.15, -0.1) is 0 Å². The molecule has 0 spiro atoms. The molecular formula is C24H25Cl2N5O5S. The molecule has 0 unspecified atom stereocenters. The maximum absolute atomic E-state index is 13.1. The summed E-state index contributed by atoms with van der Waals surface area (Å²) in [5, 5.41) is 5.42. The number of amides is 2. The van der Waals surface area contributed by atoms with E-state index in [0.29, 0.717) is 39.8 Å². The van der Waals surface area contributed by atoms with E-state index in [0.717, 1.165) is 6.26 Å². The minimum Gasteiger partial charge on any atom is -0.492 e. The smallest absolute Gasteiger partial charge is 0.294 e. The van der Waals surface area contributed by atoms with Crippen LogP contribution in [0.2, 0.25) is 10.0 Å². The van der Waals surface area contributed by atoms with Gasteiger partial charge in [-0.05, 0) is 37.1 Å². The lowest BCUT2D eigenvalue weighted by atomic mass is 9.98. The van der Waals surface area contributed by atoms with Gasteiger partial charge in [-0.25, -0.2) is 17.4 Å². The van der Waals surface area contributed by atoms with Crippen LogP contribution in [0.4, 0.5) is 0 Å². The summed E-state index contributed by atoms with van der Waals surface area (Å²) in [6.45, 7) is 0.483. The van der Waals surface area contributed by atoms with Gasteiger partial charge in [-0.1, -0.05) is 47.5 Å². The molecule has 0 atom stereocenters. The molecule has 2 amide bonds. The number of sulfonamides is 1. The van der Waals surface area contributed by atoms with E-state index in [2.05, 4.69) is 16.0 Å². The first-order valence-corrected chi connectivity index (χ1v) is 13.9. The number of benzene rings is 2. The molecule has 37 heavy (non-hydrogen) atoms. The summed E-state index contributed by atoms with van der Waals surface area (Å²) in [6, 6.07) is 14.0. The highest BCUT2D eigenvalue weighted by molar-refractivity contribution is 7.88. The quantitative estimate of drug-likeness (QED) is 0.442. The number of halogens is 2. The van der Waals surface area contributed by atoms with E-state index in [1.807, 2.05) is 0 Å². The number of nitrogens with zero attached hydrogens (tertiary/aromatic N) is 3. The van der Waals surface area contributed by atoms with Gasteiger partial charge in [0.15, 0.2) is 11.4 Å². The second-order valence-corrected chi connectivity index (χ2v) is 11.3. The number of para-hydroxylation sites is 1. The molecule has 0 radical (unpaired) electrons. The molecule has 1 aliphatic heterocycles. The first-order chi connectivity index (χ1) is 17.6. The largest absolute Gasteiger partial charge is 0.492 e. The number of carbonyl (C=O) groups is 2. The van der Waals surface area contributed by atoms with Crippen molar-refractivity contribution in [2.75, 3.05) is 26.5 Å². The average Bonchev–Trinajstić information content (AvgIpc) is 3.27. The molecule has 1 saturated heterocycles. The first kappa shape index (κ1) is 26.9. The number of carbonyl (C=O) groups excluding carboxylic acids is 2. The third kappa shape index (κ3) is 5.90. The van der Waals surface area contributed by atoms with Crippen LogP contribution in [0, 0.1) is 5.92 Å². The van der Waals surface area contributed by atoms with Crippen LogP contribution in [-0.4, -0.2) is 60.8 Å². The molecule has 4 rings (SSSR count). The van der Waals surface area contributed by atoms with E-state index in [-0.39, 0.29) is 24.5 Å². The average molecular weight is 566 g/mol. The van der Waals surface area contributed by atoms with Gasteiger partial charge in [-0.3, -0.25) is 20.4 Å². The number of hydrogen-bond donors (Lipinski definition) is 2. The van der Waals surface area contributed by atoms with Gasteiger partial charge in [0, 0.05) is 29.6 Å². The highest BCUT2D eigenvalue weighted by atomic mass is 35.5. The molecule has 2 heterocycles. The van der Waals surface area contributed by atoms with Crippen molar-refractivity contribution in [3.05, 3.63) is 64.3 Å². The van der Waals surface area contributed by atoms with Crippen LogP contribution >= 0.6 is 23.2 Å². The molecule has 196 valence electrons. The third-order valence-electron chi connectivity index (χ3n) is 6.05. The summed E-state index contributed by atoms with van der Waals surface area (Å²) < 4.78 is 31.8. The predicted octanol–water partition coefficient (Wildman–Crippen LogP) is 3.29. The Hall–Kier alpha value is -3.12. The monoisotopic (exact) mass is 565 g/mol.